The van der Waals surface area contributed by atoms with Gasteiger partial charge in [-0.15, -0.1) is 0 Å². The van der Waals surface area contributed by atoms with Gasteiger partial charge in [0.05, 0.1) is 0 Å². The number of rotatable bonds is 3. The lowest BCUT2D eigenvalue weighted by Gasteiger charge is -2.16. The average Bonchev–Trinajstić information content (AvgIpc) is 2.33. The van der Waals surface area contributed by atoms with E-state index in [1.54, 1.807) is 14.0 Å². The zero-order valence-electron chi connectivity index (χ0n) is 11.5. The Kier molecular flexibility index (Phi) is 5.57. The predicted octanol–water partition coefficient (Wildman–Crippen LogP) is 1.20. The van der Waals surface area contributed by atoms with E-state index in [4.69, 9.17) is 17.0 Å². The van der Waals surface area contributed by atoms with Crippen molar-refractivity contribution in [1.82, 2.24) is 16.2 Å². The van der Waals surface area contributed by atoms with Crippen molar-refractivity contribution < 1.29 is 9.53 Å². The molecule has 0 aliphatic rings. The molecular formula is C13H19N3O2S. The van der Waals surface area contributed by atoms with Crippen molar-refractivity contribution in [1.29, 1.82) is 0 Å². The highest BCUT2D eigenvalue weighted by Crippen LogP contribution is 2.17. The third-order valence-corrected chi connectivity index (χ3v) is 2.71. The Labute approximate surface area is 118 Å². The van der Waals surface area contributed by atoms with E-state index in [0.717, 1.165) is 11.1 Å². The summed E-state index contributed by atoms with van der Waals surface area (Å²) in [5.74, 6) is 0.383. The fourth-order valence-electron chi connectivity index (χ4n) is 1.54. The van der Waals surface area contributed by atoms with Gasteiger partial charge >= 0.3 is 0 Å². The summed E-state index contributed by atoms with van der Waals surface area (Å²) < 4.78 is 5.59. The number of aryl methyl sites for hydroxylation is 2. The summed E-state index contributed by atoms with van der Waals surface area (Å²) in [5, 5.41) is 3.03. The van der Waals surface area contributed by atoms with Crippen LogP contribution in [0.3, 0.4) is 0 Å². The van der Waals surface area contributed by atoms with Crippen molar-refractivity contribution in [3.63, 3.8) is 0 Å². The molecule has 0 heterocycles. The molecule has 0 unspecified atom stereocenters. The van der Waals surface area contributed by atoms with E-state index < -0.39 is 6.10 Å². The van der Waals surface area contributed by atoms with Crippen molar-refractivity contribution in [2.24, 2.45) is 0 Å². The predicted molar refractivity (Wildman–Crippen MR) is 78.9 cm³/mol. The lowest BCUT2D eigenvalue weighted by molar-refractivity contribution is -0.127. The van der Waals surface area contributed by atoms with Crippen LogP contribution in [0.2, 0.25) is 0 Å². The standard InChI is InChI=1S/C13H19N3O2S/c1-8-5-9(2)7-11(6-8)18-10(3)12(17)15-16-13(19)14-4/h5-7,10H,1-4H3,(H,15,17)(H2,14,16,19)/t10-/m0/s1. The first-order chi connectivity index (χ1) is 8.92. The molecule has 0 spiro atoms. The van der Waals surface area contributed by atoms with Gasteiger partial charge in [0.1, 0.15) is 5.75 Å². The highest BCUT2D eigenvalue weighted by atomic mass is 32.1. The highest BCUT2D eigenvalue weighted by Gasteiger charge is 2.14. The van der Waals surface area contributed by atoms with Crippen molar-refractivity contribution in [2.75, 3.05) is 7.05 Å². The van der Waals surface area contributed by atoms with Gasteiger partial charge in [0.2, 0.25) is 0 Å². The van der Waals surface area contributed by atoms with Crippen LogP contribution < -0.4 is 20.9 Å². The van der Waals surface area contributed by atoms with Gasteiger partial charge in [0, 0.05) is 7.05 Å². The molecule has 1 rings (SSSR count). The molecule has 6 heteroatoms. The quantitative estimate of drug-likeness (QED) is 0.574. The Morgan fingerprint density at radius 2 is 1.79 bits per heavy atom. The number of amides is 1. The van der Waals surface area contributed by atoms with Crippen LogP contribution in [0.15, 0.2) is 18.2 Å². The third-order valence-electron chi connectivity index (χ3n) is 2.40. The Bertz CT molecular complexity index is 457. The summed E-state index contributed by atoms with van der Waals surface area (Å²) in [7, 11) is 1.66. The van der Waals surface area contributed by atoms with Crippen LogP contribution in [0.5, 0.6) is 5.75 Å². The van der Waals surface area contributed by atoms with Gasteiger partial charge in [-0.3, -0.25) is 15.6 Å². The minimum atomic E-state index is -0.617. The number of benzene rings is 1. The number of hydrogen-bond donors (Lipinski definition) is 3. The number of carbonyl (C=O) groups excluding carboxylic acids is 1. The van der Waals surface area contributed by atoms with Gasteiger partial charge in [-0.1, -0.05) is 6.07 Å². The van der Waals surface area contributed by atoms with Gasteiger partial charge in [0.15, 0.2) is 11.2 Å². The van der Waals surface area contributed by atoms with E-state index in [9.17, 15) is 4.79 Å². The summed E-state index contributed by atoms with van der Waals surface area (Å²) in [6, 6.07) is 5.83. The van der Waals surface area contributed by atoms with Crippen LogP contribution in [0.4, 0.5) is 0 Å². The van der Waals surface area contributed by atoms with Crippen molar-refractivity contribution in [3.8, 4) is 5.75 Å². The summed E-state index contributed by atoms with van der Waals surface area (Å²) in [5.41, 5.74) is 7.22. The van der Waals surface area contributed by atoms with Gasteiger partial charge in [-0.2, -0.15) is 0 Å². The molecule has 0 saturated carbocycles. The van der Waals surface area contributed by atoms with E-state index in [1.807, 2.05) is 32.0 Å². The largest absolute Gasteiger partial charge is 0.481 e. The maximum absolute atomic E-state index is 11.8. The lowest BCUT2D eigenvalue weighted by atomic mass is 10.1. The Morgan fingerprint density at radius 1 is 1.21 bits per heavy atom. The van der Waals surface area contributed by atoms with Crippen molar-refractivity contribution in [3.05, 3.63) is 29.3 Å². The van der Waals surface area contributed by atoms with Crippen molar-refractivity contribution >= 4 is 23.2 Å². The Morgan fingerprint density at radius 3 is 2.32 bits per heavy atom. The minimum Gasteiger partial charge on any atom is -0.481 e. The first-order valence-corrected chi connectivity index (χ1v) is 6.35. The van der Waals surface area contributed by atoms with Gasteiger partial charge < -0.3 is 10.1 Å². The second-order valence-electron chi connectivity index (χ2n) is 4.28. The first kappa shape index (κ1) is 15.2. The van der Waals surface area contributed by atoms with Crippen LogP contribution in [0, 0.1) is 13.8 Å². The van der Waals surface area contributed by atoms with Crippen LogP contribution in [-0.4, -0.2) is 24.2 Å². The van der Waals surface area contributed by atoms with E-state index in [-0.39, 0.29) is 5.91 Å². The maximum Gasteiger partial charge on any atom is 0.279 e. The highest BCUT2D eigenvalue weighted by molar-refractivity contribution is 7.80. The lowest BCUT2D eigenvalue weighted by Crippen LogP contribution is -2.49. The Hall–Kier alpha value is -1.82. The molecule has 1 aromatic carbocycles. The molecule has 0 saturated heterocycles. The SMILES string of the molecule is CNC(=S)NNC(=O)[C@H](C)Oc1cc(C)cc(C)c1. The number of ether oxygens (including phenoxy) is 1. The first-order valence-electron chi connectivity index (χ1n) is 5.95. The van der Waals surface area contributed by atoms with Gasteiger partial charge in [-0.05, 0) is 56.2 Å². The molecule has 0 aromatic heterocycles. The molecule has 104 valence electrons. The minimum absolute atomic E-state index is 0.295. The Balaban J connectivity index is 2.56. The summed E-state index contributed by atoms with van der Waals surface area (Å²) in [6.07, 6.45) is -0.617. The molecule has 0 aliphatic heterocycles. The second kappa shape index (κ2) is 6.94. The fourth-order valence-corrected chi connectivity index (χ4v) is 1.59. The molecule has 1 aromatic rings. The molecule has 0 bridgehead atoms. The third kappa shape index (κ3) is 5.13. The fraction of sp³-hybridized carbons (Fsp3) is 0.385. The van der Waals surface area contributed by atoms with Crippen molar-refractivity contribution in [2.45, 2.75) is 26.9 Å². The second-order valence-corrected chi connectivity index (χ2v) is 4.69. The molecule has 1 amide bonds. The molecule has 3 N–H and O–H groups in total. The van der Waals surface area contributed by atoms with Gasteiger partial charge in [-0.25, -0.2) is 0 Å². The van der Waals surface area contributed by atoms with Crippen LogP contribution in [0.1, 0.15) is 18.1 Å². The molecule has 1 atom stereocenters. The molecule has 0 fully saturated rings. The summed E-state index contributed by atoms with van der Waals surface area (Å²) in [6.45, 7) is 5.64. The smallest absolute Gasteiger partial charge is 0.279 e. The average molecular weight is 281 g/mol. The summed E-state index contributed by atoms with van der Waals surface area (Å²) >= 11 is 4.85. The van der Waals surface area contributed by atoms with E-state index in [1.165, 1.54) is 0 Å². The van der Waals surface area contributed by atoms with Crippen LogP contribution in [-0.2, 0) is 4.79 Å². The zero-order chi connectivity index (χ0) is 14.4. The van der Waals surface area contributed by atoms with Gasteiger partial charge in [0.25, 0.3) is 5.91 Å². The van der Waals surface area contributed by atoms with E-state index >= 15 is 0 Å². The van der Waals surface area contributed by atoms with Crippen LogP contribution >= 0.6 is 12.2 Å². The topological polar surface area (TPSA) is 62.4 Å². The monoisotopic (exact) mass is 281 g/mol. The normalized spacial score (nSPS) is 11.4. The number of carbonyl (C=O) groups is 1. The molecule has 0 radical (unpaired) electrons. The molecule has 5 nitrogen and oxygen atoms in total. The van der Waals surface area contributed by atoms with E-state index in [0.29, 0.717) is 10.9 Å². The molecule has 0 aliphatic carbocycles. The number of thiocarbonyl (C=S) groups is 1. The number of hydrazine groups is 1. The maximum atomic E-state index is 11.8. The molecule has 19 heavy (non-hydrogen) atoms. The zero-order valence-corrected chi connectivity index (χ0v) is 12.4. The summed E-state index contributed by atoms with van der Waals surface area (Å²) in [4.78, 5) is 11.8. The number of hydrogen-bond acceptors (Lipinski definition) is 3. The van der Waals surface area contributed by atoms with Crippen LogP contribution in [0.25, 0.3) is 0 Å². The van der Waals surface area contributed by atoms with E-state index in [2.05, 4.69) is 16.2 Å². The number of nitrogens with one attached hydrogen (secondary N) is 3. The molecular weight excluding hydrogens is 262 g/mol.